The Morgan fingerprint density at radius 3 is 2.80 bits per heavy atom. The third-order valence-corrected chi connectivity index (χ3v) is 1.78. The second-order valence-corrected chi connectivity index (χ2v) is 2.56. The van der Waals surface area contributed by atoms with Gasteiger partial charge in [-0.15, -0.1) is 0 Å². The predicted octanol–water partition coefficient (Wildman–Crippen LogP) is 1.24. The molecule has 10 heavy (non-hydrogen) atoms. The molecule has 0 saturated heterocycles. The molecule has 0 fully saturated rings. The van der Waals surface area contributed by atoms with Crippen molar-refractivity contribution >= 4 is 28.0 Å². The smallest absolute Gasteiger partial charge is 0.154 e. The van der Waals surface area contributed by atoms with E-state index >= 15 is 0 Å². The second kappa shape index (κ2) is 2.79. The van der Waals surface area contributed by atoms with Crippen molar-refractivity contribution < 1.29 is 4.79 Å². The molecular formula is C6H5BrN2O. The second-order valence-electron chi connectivity index (χ2n) is 1.71. The average Bonchev–Trinajstić information content (AvgIpc) is 1.88. The maximum absolute atomic E-state index is 10.3. The molecule has 0 bridgehead atoms. The van der Waals surface area contributed by atoms with E-state index in [-0.39, 0.29) is 5.82 Å². The number of aldehydes is 1. The fourth-order valence-corrected chi connectivity index (χ4v) is 0.996. The van der Waals surface area contributed by atoms with E-state index in [0.717, 1.165) is 0 Å². The molecule has 52 valence electrons. The first-order chi connectivity index (χ1) is 4.75. The van der Waals surface area contributed by atoms with Gasteiger partial charge in [-0.3, -0.25) is 4.79 Å². The van der Waals surface area contributed by atoms with Crippen LogP contribution in [0.25, 0.3) is 0 Å². The molecule has 0 unspecified atom stereocenters. The van der Waals surface area contributed by atoms with Gasteiger partial charge in [0.15, 0.2) is 6.29 Å². The zero-order valence-corrected chi connectivity index (χ0v) is 6.63. The minimum absolute atomic E-state index is 0.254. The Morgan fingerprint density at radius 1 is 1.70 bits per heavy atom. The van der Waals surface area contributed by atoms with E-state index in [1.54, 1.807) is 6.07 Å². The molecular weight excluding hydrogens is 196 g/mol. The van der Waals surface area contributed by atoms with Crippen molar-refractivity contribution in [3.8, 4) is 0 Å². The van der Waals surface area contributed by atoms with Gasteiger partial charge >= 0.3 is 0 Å². The molecule has 0 aromatic carbocycles. The maximum atomic E-state index is 10.3. The number of rotatable bonds is 1. The van der Waals surface area contributed by atoms with Crippen LogP contribution in [-0.2, 0) is 0 Å². The molecule has 1 aromatic heterocycles. The summed E-state index contributed by atoms with van der Waals surface area (Å²) in [5.74, 6) is 0.254. The SMILES string of the molecule is Nc1nccc(Br)c1C=O. The summed E-state index contributed by atoms with van der Waals surface area (Å²) < 4.78 is 0.676. The number of nitrogens with two attached hydrogens (primary N) is 1. The first-order valence-electron chi connectivity index (χ1n) is 2.61. The molecule has 0 aliphatic carbocycles. The molecule has 1 heterocycles. The summed E-state index contributed by atoms with van der Waals surface area (Å²) in [6.07, 6.45) is 2.21. The van der Waals surface area contributed by atoms with E-state index in [1.807, 2.05) is 0 Å². The summed E-state index contributed by atoms with van der Waals surface area (Å²) in [6, 6.07) is 1.67. The van der Waals surface area contributed by atoms with Crippen molar-refractivity contribution in [1.29, 1.82) is 0 Å². The number of aromatic nitrogens is 1. The van der Waals surface area contributed by atoms with Gasteiger partial charge in [-0.25, -0.2) is 4.98 Å². The highest BCUT2D eigenvalue weighted by Crippen LogP contribution is 2.17. The molecule has 0 saturated carbocycles. The maximum Gasteiger partial charge on any atom is 0.154 e. The highest BCUT2D eigenvalue weighted by atomic mass is 79.9. The van der Waals surface area contributed by atoms with E-state index in [0.29, 0.717) is 16.3 Å². The third-order valence-electron chi connectivity index (χ3n) is 1.09. The Balaban J connectivity index is 3.30. The van der Waals surface area contributed by atoms with Crippen LogP contribution in [0.5, 0.6) is 0 Å². The largest absolute Gasteiger partial charge is 0.383 e. The van der Waals surface area contributed by atoms with Gasteiger partial charge in [-0.05, 0) is 22.0 Å². The molecule has 0 spiro atoms. The number of nitrogen functional groups attached to an aromatic ring is 1. The van der Waals surface area contributed by atoms with Crippen LogP contribution in [0.2, 0.25) is 0 Å². The summed E-state index contributed by atoms with van der Waals surface area (Å²) in [5.41, 5.74) is 5.76. The minimum atomic E-state index is 0.254. The summed E-state index contributed by atoms with van der Waals surface area (Å²) in [5, 5.41) is 0. The van der Waals surface area contributed by atoms with Gasteiger partial charge in [-0.1, -0.05) is 0 Å². The number of carbonyl (C=O) groups excluding carboxylic acids is 1. The van der Waals surface area contributed by atoms with Crippen LogP contribution in [0.4, 0.5) is 5.82 Å². The summed E-state index contributed by atoms with van der Waals surface area (Å²) >= 11 is 3.16. The standard InChI is InChI=1S/C6H5BrN2O/c7-5-1-2-9-6(8)4(5)3-10/h1-3H,(H2,8,9). The van der Waals surface area contributed by atoms with Gasteiger partial charge in [0.1, 0.15) is 5.82 Å². The molecule has 0 amide bonds. The van der Waals surface area contributed by atoms with E-state index in [1.165, 1.54) is 6.20 Å². The van der Waals surface area contributed by atoms with Crippen LogP contribution < -0.4 is 5.73 Å². The van der Waals surface area contributed by atoms with Crippen LogP contribution in [0, 0.1) is 0 Å². The molecule has 3 nitrogen and oxygen atoms in total. The van der Waals surface area contributed by atoms with Crippen molar-refractivity contribution in [2.45, 2.75) is 0 Å². The number of nitrogens with zero attached hydrogens (tertiary/aromatic N) is 1. The minimum Gasteiger partial charge on any atom is -0.383 e. The van der Waals surface area contributed by atoms with Gasteiger partial charge in [0.25, 0.3) is 0 Å². The Bertz CT molecular complexity index is 242. The fraction of sp³-hybridized carbons (Fsp3) is 0. The van der Waals surface area contributed by atoms with Gasteiger partial charge in [-0.2, -0.15) is 0 Å². The topological polar surface area (TPSA) is 56.0 Å². The van der Waals surface area contributed by atoms with E-state index < -0.39 is 0 Å². The zero-order valence-electron chi connectivity index (χ0n) is 5.04. The number of halogens is 1. The summed E-state index contributed by atoms with van der Waals surface area (Å²) in [7, 11) is 0. The highest BCUT2D eigenvalue weighted by molar-refractivity contribution is 9.10. The number of pyridine rings is 1. The lowest BCUT2D eigenvalue weighted by Crippen LogP contribution is -1.96. The number of anilines is 1. The average molecular weight is 201 g/mol. The van der Waals surface area contributed by atoms with Gasteiger partial charge in [0.2, 0.25) is 0 Å². The van der Waals surface area contributed by atoms with Crippen LogP contribution in [0.1, 0.15) is 10.4 Å². The van der Waals surface area contributed by atoms with Crippen molar-refractivity contribution in [3.63, 3.8) is 0 Å². The monoisotopic (exact) mass is 200 g/mol. The Morgan fingerprint density at radius 2 is 2.40 bits per heavy atom. The van der Waals surface area contributed by atoms with Crippen molar-refractivity contribution in [2.24, 2.45) is 0 Å². The molecule has 1 rings (SSSR count). The van der Waals surface area contributed by atoms with E-state index in [4.69, 9.17) is 5.73 Å². The van der Waals surface area contributed by atoms with Crippen molar-refractivity contribution in [3.05, 3.63) is 22.3 Å². The van der Waals surface area contributed by atoms with Gasteiger partial charge in [0, 0.05) is 10.7 Å². The number of hydrogen-bond donors (Lipinski definition) is 1. The lowest BCUT2D eigenvalue weighted by atomic mass is 10.3. The van der Waals surface area contributed by atoms with Crippen LogP contribution in [-0.4, -0.2) is 11.3 Å². The van der Waals surface area contributed by atoms with Crippen molar-refractivity contribution in [1.82, 2.24) is 4.98 Å². The van der Waals surface area contributed by atoms with Crippen LogP contribution in [0.3, 0.4) is 0 Å². The van der Waals surface area contributed by atoms with Gasteiger partial charge < -0.3 is 5.73 Å². The normalized spacial score (nSPS) is 9.30. The van der Waals surface area contributed by atoms with E-state index in [9.17, 15) is 4.79 Å². The van der Waals surface area contributed by atoms with Crippen molar-refractivity contribution in [2.75, 3.05) is 5.73 Å². The van der Waals surface area contributed by atoms with Gasteiger partial charge in [0.05, 0.1) is 5.56 Å². The predicted molar refractivity (Wildman–Crippen MR) is 41.7 cm³/mol. The molecule has 0 atom stereocenters. The van der Waals surface area contributed by atoms with E-state index in [2.05, 4.69) is 20.9 Å². The highest BCUT2D eigenvalue weighted by Gasteiger charge is 2.01. The zero-order chi connectivity index (χ0) is 7.56. The Hall–Kier alpha value is -0.900. The quantitative estimate of drug-likeness (QED) is 0.695. The Labute approximate surface area is 66.4 Å². The van der Waals surface area contributed by atoms with Crippen LogP contribution >= 0.6 is 15.9 Å². The fourth-order valence-electron chi connectivity index (χ4n) is 0.581. The molecule has 0 aliphatic heterocycles. The lowest BCUT2D eigenvalue weighted by molar-refractivity contribution is 0.112. The summed E-state index contributed by atoms with van der Waals surface area (Å²) in [6.45, 7) is 0. The molecule has 0 aliphatic rings. The number of carbonyl (C=O) groups is 1. The Kier molecular flexibility index (Phi) is 2.01. The molecule has 0 radical (unpaired) electrons. The molecule has 4 heteroatoms. The first kappa shape index (κ1) is 7.21. The van der Waals surface area contributed by atoms with Crippen LogP contribution in [0.15, 0.2) is 16.7 Å². The molecule has 1 aromatic rings. The lowest BCUT2D eigenvalue weighted by Gasteiger charge is -1.96. The molecule has 2 N–H and O–H groups in total. The first-order valence-corrected chi connectivity index (χ1v) is 3.40. The number of hydrogen-bond acceptors (Lipinski definition) is 3. The summed E-state index contributed by atoms with van der Waals surface area (Å²) in [4.78, 5) is 14.0. The third kappa shape index (κ3) is 1.16.